The van der Waals surface area contributed by atoms with Crippen LogP contribution in [0.25, 0.3) is 0 Å². The Hall–Kier alpha value is -0.0400. The summed E-state index contributed by atoms with van der Waals surface area (Å²) in [6.45, 7) is 4.80. The smallest absolute Gasteiger partial charge is 0.000791 e. The highest BCUT2D eigenvalue weighted by Gasteiger charge is 2.48. The van der Waals surface area contributed by atoms with Crippen molar-refractivity contribution in [2.75, 3.05) is 13.1 Å². The van der Waals surface area contributed by atoms with E-state index >= 15 is 0 Å². The van der Waals surface area contributed by atoms with Gasteiger partial charge in [0.2, 0.25) is 0 Å². The molecule has 3 fully saturated rings. The van der Waals surface area contributed by atoms with E-state index in [2.05, 4.69) is 12.2 Å². The third-order valence-corrected chi connectivity index (χ3v) is 5.46. The average molecular weight is 221 g/mol. The molecule has 1 heteroatoms. The van der Waals surface area contributed by atoms with Gasteiger partial charge in [-0.3, -0.25) is 0 Å². The highest BCUT2D eigenvalue weighted by molar-refractivity contribution is 5.00. The fourth-order valence-corrected chi connectivity index (χ4v) is 4.34. The molecule has 3 aliphatic carbocycles. The van der Waals surface area contributed by atoms with Gasteiger partial charge in [0.25, 0.3) is 0 Å². The highest BCUT2D eigenvalue weighted by atomic mass is 14.9. The van der Waals surface area contributed by atoms with Gasteiger partial charge in [0.1, 0.15) is 0 Å². The first-order valence-electron chi connectivity index (χ1n) is 7.52. The van der Waals surface area contributed by atoms with Crippen molar-refractivity contribution in [2.45, 2.75) is 58.3 Å². The Morgan fingerprint density at radius 3 is 2.62 bits per heavy atom. The first-order valence-corrected chi connectivity index (χ1v) is 7.52. The lowest BCUT2D eigenvalue weighted by Gasteiger charge is -2.26. The fraction of sp³-hybridized carbons (Fsp3) is 1.00. The largest absolute Gasteiger partial charge is 0.316 e. The molecular formula is C15H27N. The van der Waals surface area contributed by atoms with E-state index in [-0.39, 0.29) is 0 Å². The minimum absolute atomic E-state index is 0.754. The van der Waals surface area contributed by atoms with Crippen molar-refractivity contribution in [2.24, 2.45) is 23.2 Å². The normalized spacial score (nSPS) is 39.2. The second kappa shape index (κ2) is 4.33. The minimum atomic E-state index is 0.754. The first kappa shape index (κ1) is 11.1. The predicted octanol–water partition coefficient (Wildman–Crippen LogP) is 3.59. The Morgan fingerprint density at radius 2 is 2.06 bits per heavy atom. The maximum Gasteiger partial charge on any atom is 0.000791 e. The van der Waals surface area contributed by atoms with E-state index in [9.17, 15) is 0 Å². The molecule has 1 nitrogen and oxygen atoms in total. The van der Waals surface area contributed by atoms with Crippen LogP contribution in [0.4, 0.5) is 0 Å². The van der Waals surface area contributed by atoms with Crippen LogP contribution < -0.4 is 5.32 Å². The number of fused-ring (bicyclic) bond motifs is 2. The first-order chi connectivity index (χ1) is 7.81. The topological polar surface area (TPSA) is 12.0 Å². The van der Waals surface area contributed by atoms with Crippen molar-refractivity contribution < 1.29 is 0 Å². The number of hydrogen-bond donors (Lipinski definition) is 1. The minimum Gasteiger partial charge on any atom is -0.316 e. The van der Waals surface area contributed by atoms with E-state index in [1.807, 2.05) is 0 Å². The Labute approximate surface area is 100 Å². The van der Waals surface area contributed by atoms with E-state index < -0.39 is 0 Å². The molecule has 92 valence electrons. The Bertz CT molecular complexity index is 244. The van der Waals surface area contributed by atoms with Crippen LogP contribution in [0.3, 0.4) is 0 Å². The molecule has 3 atom stereocenters. The summed E-state index contributed by atoms with van der Waals surface area (Å²) in [6, 6.07) is 0. The van der Waals surface area contributed by atoms with Crippen molar-refractivity contribution in [1.82, 2.24) is 5.32 Å². The summed E-state index contributed by atoms with van der Waals surface area (Å²) in [5, 5.41) is 3.66. The average Bonchev–Trinajstić information content (AvgIpc) is 2.74. The summed E-state index contributed by atoms with van der Waals surface area (Å²) in [5.74, 6) is 3.38. The monoisotopic (exact) mass is 221 g/mol. The van der Waals surface area contributed by atoms with Gasteiger partial charge in [-0.15, -0.1) is 0 Å². The van der Waals surface area contributed by atoms with E-state index in [0.29, 0.717) is 0 Å². The van der Waals surface area contributed by atoms with Crippen LogP contribution in [0.1, 0.15) is 58.3 Å². The zero-order valence-corrected chi connectivity index (χ0v) is 10.8. The standard InChI is InChI=1S/C15H27N/c1-2-7-16-11-15(5-6-15)10-14-9-12-3-4-13(14)8-12/h12-14,16H,2-11H2,1H3. The molecule has 0 aromatic heterocycles. The van der Waals surface area contributed by atoms with Gasteiger partial charge < -0.3 is 5.32 Å². The summed E-state index contributed by atoms with van der Waals surface area (Å²) >= 11 is 0. The lowest BCUT2D eigenvalue weighted by atomic mass is 9.81. The van der Waals surface area contributed by atoms with Gasteiger partial charge in [0, 0.05) is 6.54 Å². The second-order valence-corrected chi connectivity index (χ2v) is 6.82. The van der Waals surface area contributed by atoms with Crippen LogP contribution in [0.2, 0.25) is 0 Å². The lowest BCUT2D eigenvalue weighted by Crippen LogP contribution is -2.27. The van der Waals surface area contributed by atoms with E-state index in [1.165, 1.54) is 32.4 Å². The van der Waals surface area contributed by atoms with Crippen LogP contribution in [-0.2, 0) is 0 Å². The molecule has 2 bridgehead atoms. The van der Waals surface area contributed by atoms with Crippen LogP contribution >= 0.6 is 0 Å². The summed E-state index contributed by atoms with van der Waals surface area (Å²) < 4.78 is 0. The number of hydrogen-bond acceptors (Lipinski definition) is 1. The van der Waals surface area contributed by atoms with E-state index in [1.54, 1.807) is 32.1 Å². The Balaban J connectivity index is 1.47. The summed E-state index contributed by atoms with van der Waals surface area (Å²) in [6.07, 6.45) is 12.2. The van der Waals surface area contributed by atoms with Crippen LogP contribution in [-0.4, -0.2) is 13.1 Å². The van der Waals surface area contributed by atoms with Gasteiger partial charge in [-0.05, 0) is 74.7 Å². The van der Waals surface area contributed by atoms with E-state index in [0.717, 1.165) is 23.2 Å². The Morgan fingerprint density at radius 1 is 1.19 bits per heavy atom. The molecule has 3 unspecified atom stereocenters. The van der Waals surface area contributed by atoms with Crippen molar-refractivity contribution >= 4 is 0 Å². The fourth-order valence-electron chi connectivity index (χ4n) is 4.34. The van der Waals surface area contributed by atoms with Gasteiger partial charge >= 0.3 is 0 Å². The molecule has 0 heterocycles. The lowest BCUT2D eigenvalue weighted by molar-refractivity contribution is 0.251. The second-order valence-electron chi connectivity index (χ2n) is 6.82. The maximum absolute atomic E-state index is 3.66. The zero-order valence-electron chi connectivity index (χ0n) is 10.8. The molecular weight excluding hydrogens is 194 g/mol. The van der Waals surface area contributed by atoms with Crippen molar-refractivity contribution in [1.29, 1.82) is 0 Å². The third-order valence-electron chi connectivity index (χ3n) is 5.46. The van der Waals surface area contributed by atoms with E-state index in [4.69, 9.17) is 0 Å². The van der Waals surface area contributed by atoms with Gasteiger partial charge in [-0.2, -0.15) is 0 Å². The molecule has 0 aromatic carbocycles. The summed E-state index contributed by atoms with van der Waals surface area (Å²) in [7, 11) is 0. The third kappa shape index (κ3) is 2.16. The molecule has 1 N–H and O–H groups in total. The molecule has 0 aromatic rings. The molecule has 0 saturated heterocycles. The number of rotatable bonds is 6. The molecule has 0 spiro atoms. The molecule has 0 amide bonds. The molecule has 3 rings (SSSR count). The van der Waals surface area contributed by atoms with Crippen molar-refractivity contribution in [3.63, 3.8) is 0 Å². The summed E-state index contributed by atoms with van der Waals surface area (Å²) in [4.78, 5) is 0. The molecule has 16 heavy (non-hydrogen) atoms. The predicted molar refractivity (Wildman–Crippen MR) is 68.4 cm³/mol. The number of nitrogens with one attached hydrogen (secondary N) is 1. The van der Waals surface area contributed by atoms with Crippen molar-refractivity contribution in [3.05, 3.63) is 0 Å². The molecule has 3 aliphatic rings. The van der Waals surface area contributed by atoms with Crippen molar-refractivity contribution in [3.8, 4) is 0 Å². The van der Waals surface area contributed by atoms with Gasteiger partial charge in [0.05, 0.1) is 0 Å². The van der Waals surface area contributed by atoms with Crippen LogP contribution in [0.5, 0.6) is 0 Å². The molecule has 0 aliphatic heterocycles. The maximum atomic E-state index is 3.66. The van der Waals surface area contributed by atoms with Gasteiger partial charge in [-0.25, -0.2) is 0 Å². The van der Waals surface area contributed by atoms with Crippen LogP contribution in [0.15, 0.2) is 0 Å². The highest BCUT2D eigenvalue weighted by Crippen LogP contribution is 2.57. The van der Waals surface area contributed by atoms with Gasteiger partial charge in [-0.1, -0.05) is 13.3 Å². The van der Waals surface area contributed by atoms with Crippen LogP contribution in [0, 0.1) is 23.2 Å². The SMILES string of the molecule is CCCNCC1(CC2CC3CCC2C3)CC1. The quantitative estimate of drug-likeness (QED) is 0.676. The van der Waals surface area contributed by atoms with Gasteiger partial charge in [0.15, 0.2) is 0 Å². The molecule has 3 saturated carbocycles. The molecule has 0 radical (unpaired) electrons. The summed E-state index contributed by atoms with van der Waals surface area (Å²) in [5.41, 5.74) is 0.754. The zero-order chi connectivity index (χ0) is 11.0. The Kier molecular flexibility index (Phi) is 2.99.